The predicted molar refractivity (Wildman–Crippen MR) is 82.9 cm³/mol. The lowest BCUT2D eigenvalue weighted by Gasteiger charge is -2.09. The zero-order valence-corrected chi connectivity index (χ0v) is 11.9. The third-order valence-corrected chi connectivity index (χ3v) is 3.48. The molecule has 0 aliphatic heterocycles. The number of hydrogen-bond donors (Lipinski definition) is 1. The van der Waals surface area contributed by atoms with E-state index >= 15 is 0 Å². The van der Waals surface area contributed by atoms with Crippen molar-refractivity contribution in [1.82, 2.24) is 9.55 Å². The van der Waals surface area contributed by atoms with E-state index in [1.807, 2.05) is 65.4 Å². The lowest BCUT2D eigenvalue weighted by atomic mass is 10.1. The Hall–Kier alpha value is -2.33. The summed E-state index contributed by atoms with van der Waals surface area (Å²) in [6.07, 6.45) is 1.93. The van der Waals surface area contributed by atoms with Gasteiger partial charge >= 0.3 is 0 Å². The van der Waals surface area contributed by atoms with Crippen molar-refractivity contribution in [2.24, 2.45) is 0 Å². The van der Waals surface area contributed by atoms with Crippen molar-refractivity contribution < 1.29 is 4.74 Å². The molecule has 1 aromatic heterocycles. The van der Waals surface area contributed by atoms with E-state index < -0.39 is 0 Å². The van der Waals surface area contributed by atoms with Gasteiger partial charge in [0.25, 0.3) is 0 Å². The fourth-order valence-electron chi connectivity index (χ4n) is 2.18. The van der Waals surface area contributed by atoms with E-state index in [9.17, 15) is 0 Å². The number of nitrogens with one attached hydrogen (secondary N) is 1. The van der Waals surface area contributed by atoms with Crippen molar-refractivity contribution in [3.05, 3.63) is 65.6 Å². The number of methoxy groups -OCH3 is 1. The van der Waals surface area contributed by atoms with Gasteiger partial charge in [-0.05, 0) is 48.6 Å². The minimum absolute atomic E-state index is 0.682. The molecule has 3 nitrogen and oxygen atoms in total. The van der Waals surface area contributed by atoms with Crippen LogP contribution in [0, 0.1) is 4.77 Å². The molecule has 0 atom stereocenters. The second kappa shape index (κ2) is 5.35. The van der Waals surface area contributed by atoms with Gasteiger partial charge in [-0.2, -0.15) is 0 Å². The summed E-state index contributed by atoms with van der Waals surface area (Å²) in [6, 6.07) is 18.0. The highest BCUT2D eigenvalue weighted by Gasteiger charge is 2.08. The van der Waals surface area contributed by atoms with Gasteiger partial charge in [-0.1, -0.05) is 18.2 Å². The smallest absolute Gasteiger partial charge is 0.182 e. The number of H-pyrrole nitrogens is 1. The molecule has 3 rings (SSSR count). The molecule has 0 saturated heterocycles. The van der Waals surface area contributed by atoms with E-state index in [4.69, 9.17) is 17.0 Å². The molecule has 3 aromatic rings. The molecule has 0 aliphatic rings. The van der Waals surface area contributed by atoms with Gasteiger partial charge in [0.1, 0.15) is 5.75 Å². The molecule has 0 unspecified atom stereocenters. The van der Waals surface area contributed by atoms with Crippen molar-refractivity contribution in [3.8, 4) is 22.7 Å². The average molecular weight is 282 g/mol. The molecule has 0 spiro atoms. The number of nitrogens with zero attached hydrogens (tertiary/aromatic N) is 1. The first kappa shape index (κ1) is 12.7. The first-order chi connectivity index (χ1) is 9.79. The summed E-state index contributed by atoms with van der Waals surface area (Å²) in [7, 11) is 1.66. The van der Waals surface area contributed by atoms with Gasteiger partial charge in [0, 0.05) is 17.4 Å². The third-order valence-electron chi connectivity index (χ3n) is 3.18. The molecule has 4 heteroatoms. The molecule has 0 saturated carbocycles. The summed E-state index contributed by atoms with van der Waals surface area (Å²) in [5.41, 5.74) is 3.16. The molecule has 100 valence electrons. The monoisotopic (exact) mass is 282 g/mol. The van der Waals surface area contributed by atoms with Crippen LogP contribution in [-0.4, -0.2) is 16.7 Å². The quantitative estimate of drug-likeness (QED) is 0.729. The molecule has 0 fully saturated rings. The van der Waals surface area contributed by atoms with Gasteiger partial charge in [0.15, 0.2) is 4.77 Å². The maximum atomic E-state index is 5.39. The number of ether oxygens (including phenoxy) is 1. The lowest BCUT2D eigenvalue weighted by molar-refractivity contribution is 0.415. The molecular formula is C16H14N2OS. The minimum atomic E-state index is 0.682. The third kappa shape index (κ3) is 2.26. The van der Waals surface area contributed by atoms with E-state index in [0.29, 0.717) is 4.77 Å². The van der Waals surface area contributed by atoms with Crippen molar-refractivity contribution in [3.63, 3.8) is 0 Å². The highest BCUT2D eigenvalue weighted by molar-refractivity contribution is 7.71. The summed E-state index contributed by atoms with van der Waals surface area (Å²) < 4.78 is 7.90. The molecule has 2 aromatic carbocycles. The number of benzene rings is 2. The minimum Gasteiger partial charge on any atom is -0.497 e. The maximum absolute atomic E-state index is 5.39. The molecule has 0 amide bonds. The van der Waals surface area contributed by atoms with Crippen molar-refractivity contribution in [2.75, 3.05) is 7.11 Å². The molecule has 1 heterocycles. The zero-order valence-electron chi connectivity index (χ0n) is 11.0. The van der Waals surface area contributed by atoms with Crippen LogP contribution in [0.5, 0.6) is 5.75 Å². The highest BCUT2D eigenvalue weighted by Crippen LogP contribution is 2.25. The van der Waals surface area contributed by atoms with Gasteiger partial charge in [-0.25, -0.2) is 0 Å². The Morgan fingerprint density at radius 1 is 1.00 bits per heavy atom. The van der Waals surface area contributed by atoms with E-state index in [1.165, 1.54) is 0 Å². The number of aromatic amines is 1. The molecule has 0 bridgehead atoms. The van der Waals surface area contributed by atoms with Gasteiger partial charge in [-0.3, -0.25) is 4.57 Å². The topological polar surface area (TPSA) is 29.9 Å². The largest absolute Gasteiger partial charge is 0.497 e. The van der Waals surface area contributed by atoms with E-state index in [0.717, 1.165) is 22.7 Å². The van der Waals surface area contributed by atoms with Crippen molar-refractivity contribution >= 4 is 12.2 Å². The lowest BCUT2D eigenvalue weighted by Crippen LogP contribution is -1.96. The Morgan fingerprint density at radius 2 is 1.70 bits per heavy atom. The van der Waals surface area contributed by atoms with Crippen LogP contribution in [-0.2, 0) is 0 Å². The van der Waals surface area contributed by atoms with Gasteiger partial charge in [0.2, 0.25) is 0 Å². The molecule has 20 heavy (non-hydrogen) atoms. The number of imidazole rings is 1. The van der Waals surface area contributed by atoms with Gasteiger partial charge in [0.05, 0.1) is 12.8 Å². The summed E-state index contributed by atoms with van der Waals surface area (Å²) in [5, 5.41) is 0. The molecule has 0 aliphatic carbocycles. The fourth-order valence-corrected chi connectivity index (χ4v) is 2.44. The van der Waals surface area contributed by atoms with Gasteiger partial charge < -0.3 is 9.72 Å². The van der Waals surface area contributed by atoms with Crippen LogP contribution < -0.4 is 4.74 Å². The number of rotatable bonds is 3. The second-order valence-corrected chi connectivity index (χ2v) is 4.77. The predicted octanol–water partition coefficient (Wildman–Crippen LogP) is 4.21. The fraction of sp³-hybridized carbons (Fsp3) is 0.0625. The Balaban J connectivity index is 2.13. The number of hydrogen-bond acceptors (Lipinski definition) is 2. The van der Waals surface area contributed by atoms with Crippen molar-refractivity contribution in [2.45, 2.75) is 0 Å². The number of para-hydroxylation sites is 1. The van der Waals surface area contributed by atoms with E-state index in [2.05, 4.69) is 4.98 Å². The average Bonchev–Trinajstić information content (AvgIpc) is 2.90. The van der Waals surface area contributed by atoms with Crippen LogP contribution in [0.1, 0.15) is 0 Å². The Kier molecular flexibility index (Phi) is 3.39. The van der Waals surface area contributed by atoms with Gasteiger partial charge in [-0.15, -0.1) is 0 Å². The summed E-state index contributed by atoms with van der Waals surface area (Å²) in [5.74, 6) is 0.842. The maximum Gasteiger partial charge on any atom is 0.182 e. The second-order valence-electron chi connectivity index (χ2n) is 4.38. The summed E-state index contributed by atoms with van der Waals surface area (Å²) in [6.45, 7) is 0. The Labute approximate surface area is 122 Å². The van der Waals surface area contributed by atoms with Crippen LogP contribution in [0.25, 0.3) is 16.9 Å². The van der Waals surface area contributed by atoms with Crippen LogP contribution in [0.4, 0.5) is 0 Å². The zero-order chi connectivity index (χ0) is 13.9. The number of aromatic nitrogens is 2. The van der Waals surface area contributed by atoms with Crippen LogP contribution >= 0.6 is 12.2 Å². The Bertz CT molecular complexity index is 757. The standard InChI is InChI=1S/C16H14N2OS/c1-19-14-9-7-12(8-10-14)15-11-17-16(20)18(15)13-5-3-2-4-6-13/h2-11H,1H3,(H,17,20). The van der Waals surface area contributed by atoms with Crippen LogP contribution in [0.3, 0.4) is 0 Å². The summed E-state index contributed by atoms with van der Waals surface area (Å²) >= 11 is 5.39. The summed E-state index contributed by atoms with van der Waals surface area (Å²) in [4.78, 5) is 3.11. The first-order valence-electron chi connectivity index (χ1n) is 6.30. The van der Waals surface area contributed by atoms with E-state index in [-0.39, 0.29) is 0 Å². The van der Waals surface area contributed by atoms with Crippen LogP contribution in [0.2, 0.25) is 0 Å². The van der Waals surface area contributed by atoms with Crippen LogP contribution in [0.15, 0.2) is 60.8 Å². The molecular weight excluding hydrogens is 268 g/mol. The molecule has 0 radical (unpaired) electrons. The first-order valence-corrected chi connectivity index (χ1v) is 6.70. The normalized spacial score (nSPS) is 10.4. The molecule has 1 N–H and O–H groups in total. The highest BCUT2D eigenvalue weighted by atomic mass is 32.1. The Morgan fingerprint density at radius 3 is 2.35 bits per heavy atom. The van der Waals surface area contributed by atoms with Crippen molar-refractivity contribution in [1.29, 1.82) is 0 Å². The SMILES string of the molecule is COc1ccc(-c2c[nH]c(=S)n2-c2ccccc2)cc1. The van der Waals surface area contributed by atoms with E-state index in [1.54, 1.807) is 7.11 Å².